The smallest absolute Gasteiger partial charge is 0.347 e. The highest BCUT2D eigenvalue weighted by molar-refractivity contribution is 5.72. The van der Waals surface area contributed by atoms with E-state index in [-0.39, 0.29) is 6.54 Å². The van der Waals surface area contributed by atoms with Crippen LogP contribution < -0.4 is 5.69 Å². The summed E-state index contributed by atoms with van der Waals surface area (Å²) in [6.07, 6.45) is 1.75. The van der Waals surface area contributed by atoms with Gasteiger partial charge in [0.1, 0.15) is 23.3 Å². The van der Waals surface area contributed by atoms with Gasteiger partial charge < -0.3 is 5.11 Å². The van der Waals surface area contributed by atoms with Crippen molar-refractivity contribution in [2.45, 2.75) is 38.8 Å². The highest BCUT2D eigenvalue weighted by Crippen LogP contribution is 2.21. The average Bonchev–Trinajstić information content (AvgIpc) is 2.95. The number of hydrogen-bond acceptors (Lipinski definition) is 6. The van der Waals surface area contributed by atoms with Gasteiger partial charge in [-0.15, -0.1) is 0 Å². The number of rotatable bonds is 3. The van der Waals surface area contributed by atoms with Crippen LogP contribution in [-0.2, 0) is 17.8 Å². The SMILES string of the molecule is Cc1nonc1Cn1nc2n(c1=O)C(C(=O)O)CCC2. The molecule has 2 aromatic rings. The molecule has 1 aliphatic heterocycles. The zero-order valence-electron chi connectivity index (χ0n) is 10.8. The molecule has 0 amide bonds. The van der Waals surface area contributed by atoms with Crippen LogP contribution in [0.25, 0.3) is 0 Å². The first-order valence-corrected chi connectivity index (χ1v) is 6.27. The Labute approximate surface area is 112 Å². The number of carboxylic acids is 1. The Morgan fingerprint density at radius 3 is 2.95 bits per heavy atom. The van der Waals surface area contributed by atoms with E-state index in [9.17, 15) is 14.7 Å². The number of fused-ring (bicyclic) bond motifs is 1. The van der Waals surface area contributed by atoms with Crippen LogP contribution in [0.1, 0.15) is 36.1 Å². The molecular weight excluding hydrogens is 266 g/mol. The lowest BCUT2D eigenvalue weighted by Crippen LogP contribution is -2.34. The number of aryl methyl sites for hydroxylation is 2. The van der Waals surface area contributed by atoms with E-state index in [1.54, 1.807) is 6.92 Å². The Morgan fingerprint density at radius 2 is 2.30 bits per heavy atom. The van der Waals surface area contributed by atoms with Crippen LogP contribution in [0.15, 0.2) is 9.42 Å². The predicted octanol–water partition coefficient (Wildman–Crippen LogP) is -0.253. The first-order valence-electron chi connectivity index (χ1n) is 6.27. The zero-order valence-corrected chi connectivity index (χ0v) is 10.8. The van der Waals surface area contributed by atoms with E-state index in [1.165, 1.54) is 9.25 Å². The minimum absolute atomic E-state index is 0.126. The second-order valence-electron chi connectivity index (χ2n) is 4.77. The molecule has 0 saturated carbocycles. The van der Waals surface area contributed by atoms with Crippen LogP contribution in [0.2, 0.25) is 0 Å². The molecule has 106 valence electrons. The molecule has 0 saturated heterocycles. The Morgan fingerprint density at radius 1 is 1.50 bits per heavy atom. The van der Waals surface area contributed by atoms with Crippen LogP contribution in [0.3, 0.4) is 0 Å². The fourth-order valence-corrected chi connectivity index (χ4v) is 2.40. The molecule has 0 aliphatic carbocycles. The summed E-state index contributed by atoms with van der Waals surface area (Å²) in [4.78, 5) is 23.5. The van der Waals surface area contributed by atoms with E-state index in [4.69, 9.17) is 0 Å². The standard InChI is InChI=1S/C11H13N5O4/c1-6-7(14-20-13-6)5-15-11(19)16-8(10(17)18)3-2-4-9(16)12-15/h8H,2-5H2,1H3,(H,17,18). The second kappa shape index (κ2) is 4.58. The Kier molecular flexibility index (Phi) is 2.88. The summed E-state index contributed by atoms with van der Waals surface area (Å²) in [7, 11) is 0. The number of aromatic nitrogens is 5. The van der Waals surface area contributed by atoms with Gasteiger partial charge in [0, 0.05) is 6.42 Å². The number of nitrogens with zero attached hydrogens (tertiary/aromatic N) is 5. The van der Waals surface area contributed by atoms with Crippen molar-refractivity contribution in [3.05, 3.63) is 27.7 Å². The van der Waals surface area contributed by atoms with Crippen molar-refractivity contribution < 1.29 is 14.5 Å². The first kappa shape index (κ1) is 12.6. The van der Waals surface area contributed by atoms with Crippen molar-refractivity contribution in [2.24, 2.45) is 0 Å². The van der Waals surface area contributed by atoms with E-state index >= 15 is 0 Å². The summed E-state index contributed by atoms with van der Waals surface area (Å²) < 4.78 is 7.04. The Balaban J connectivity index is 2.01. The highest BCUT2D eigenvalue weighted by Gasteiger charge is 2.30. The van der Waals surface area contributed by atoms with E-state index in [0.29, 0.717) is 36.5 Å². The molecule has 0 fully saturated rings. The average molecular weight is 279 g/mol. The molecule has 3 heterocycles. The van der Waals surface area contributed by atoms with Gasteiger partial charge in [0.05, 0.1) is 6.54 Å². The first-order chi connectivity index (χ1) is 9.58. The molecule has 1 unspecified atom stereocenters. The topological polar surface area (TPSA) is 116 Å². The lowest BCUT2D eigenvalue weighted by molar-refractivity contribution is -0.141. The fraction of sp³-hybridized carbons (Fsp3) is 0.545. The van der Waals surface area contributed by atoms with Crippen LogP contribution in [0, 0.1) is 6.92 Å². The fourth-order valence-electron chi connectivity index (χ4n) is 2.40. The maximum absolute atomic E-state index is 12.3. The van der Waals surface area contributed by atoms with E-state index in [0.717, 1.165) is 0 Å². The van der Waals surface area contributed by atoms with Gasteiger partial charge in [0.2, 0.25) is 0 Å². The van der Waals surface area contributed by atoms with Gasteiger partial charge in [0.25, 0.3) is 0 Å². The van der Waals surface area contributed by atoms with Gasteiger partial charge in [-0.2, -0.15) is 5.10 Å². The van der Waals surface area contributed by atoms with Gasteiger partial charge in [-0.1, -0.05) is 10.3 Å². The van der Waals surface area contributed by atoms with Crippen molar-refractivity contribution in [1.29, 1.82) is 0 Å². The monoisotopic (exact) mass is 279 g/mol. The molecule has 3 rings (SSSR count). The van der Waals surface area contributed by atoms with E-state index in [2.05, 4.69) is 20.0 Å². The third-order valence-corrected chi connectivity index (χ3v) is 3.46. The minimum Gasteiger partial charge on any atom is -0.480 e. The van der Waals surface area contributed by atoms with Crippen LogP contribution >= 0.6 is 0 Å². The molecular formula is C11H13N5O4. The van der Waals surface area contributed by atoms with Gasteiger partial charge in [-0.25, -0.2) is 18.9 Å². The molecule has 1 N–H and O–H groups in total. The predicted molar refractivity (Wildman–Crippen MR) is 64.2 cm³/mol. The van der Waals surface area contributed by atoms with E-state index in [1.807, 2.05) is 0 Å². The van der Waals surface area contributed by atoms with Gasteiger partial charge in [0.15, 0.2) is 0 Å². The molecule has 9 nitrogen and oxygen atoms in total. The van der Waals surface area contributed by atoms with Crippen LogP contribution in [0.5, 0.6) is 0 Å². The van der Waals surface area contributed by atoms with Crippen molar-refractivity contribution >= 4 is 5.97 Å². The maximum Gasteiger partial charge on any atom is 0.347 e. The summed E-state index contributed by atoms with van der Waals surface area (Å²) in [5, 5.41) is 20.7. The van der Waals surface area contributed by atoms with Crippen molar-refractivity contribution in [3.63, 3.8) is 0 Å². The Hall–Kier alpha value is -2.45. The summed E-state index contributed by atoms with van der Waals surface area (Å²) in [6.45, 7) is 1.84. The normalized spacial score (nSPS) is 17.9. The molecule has 9 heteroatoms. The van der Waals surface area contributed by atoms with Gasteiger partial charge >= 0.3 is 11.7 Å². The zero-order chi connectivity index (χ0) is 14.3. The Bertz CT molecular complexity index is 713. The molecule has 0 aromatic carbocycles. The van der Waals surface area contributed by atoms with E-state index < -0.39 is 17.7 Å². The number of carboxylic acid groups (broad SMARTS) is 1. The largest absolute Gasteiger partial charge is 0.480 e. The third kappa shape index (κ3) is 1.91. The minimum atomic E-state index is -1.01. The number of aliphatic carboxylic acids is 1. The van der Waals surface area contributed by atoms with Gasteiger partial charge in [-0.3, -0.25) is 4.57 Å². The molecule has 0 spiro atoms. The summed E-state index contributed by atoms with van der Waals surface area (Å²) >= 11 is 0. The van der Waals surface area contributed by atoms with Crippen molar-refractivity contribution in [2.75, 3.05) is 0 Å². The van der Waals surface area contributed by atoms with Crippen LogP contribution in [-0.4, -0.2) is 35.7 Å². The maximum atomic E-state index is 12.3. The number of hydrogen-bond donors (Lipinski definition) is 1. The lowest BCUT2D eigenvalue weighted by Gasteiger charge is -2.19. The second-order valence-corrected chi connectivity index (χ2v) is 4.77. The summed E-state index contributed by atoms with van der Waals surface area (Å²) in [5.74, 6) is -0.505. The quantitative estimate of drug-likeness (QED) is 0.823. The number of carbonyl (C=O) groups is 1. The molecule has 1 atom stereocenters. The van der Waals surface area contributed by atoms with Crippen LogP contribution in [0.4, 0.5) is 0 Å². The molecule has 2 aromatic heterocycles. The summed E-state index contributed by atoms with van der Waals surface area (Å²) in [6, 6.07) is -0.837. The molecule has 0 radical (unpaired) electrons. The molecule has 20 heavy (non-hydrogen) atoms. The summed E-state index contributed by atoms with van der Waals surface area (Å²) in [5.41, 5.74) is 0.654. The molecule has 1 aliphatic rings. The highest BCUT2D eigenvalue weighted by atomic mass is 16.6. The lowest BCUT2D eigenvalue weighted by atomic mass is 10.1. The third-order valence-electron chi connectivity index (χ3n) is 3.46. The molecule has 0 bridgehead atoms. The van der Waals surface area contributed by atoms with Gasteiger partial charge in [-0.05, 0) is 19.8 Å². The van der Waals surface area contributed by atoms with Crippen molar-refractivity contribution in [3.8, 4) is 0 Å². The van der Waals surface area contributed by atoms with Crippen molar-refractivity contribution in [1.82, 2.24) is 24.7 Å².